The van der Waals surface area contributed by atoms with Crippen LogP contribution in [0.25, 0.3) is 10.9 Å². The van der Waals surface area contributed by atoms with Gasteiger partial charge in [0, 0.05) is 36.9 Å². The van der Waals surface area contributed by atoms with Gasteiger partial charge in [0.25, 0.3) is 5.56 Å². The van der Waals surface area contributed by atoms with Gasteiger partial charge in [-0.15, -0.1) is 0 Å². The van der Waals surface area contributed by atoms with Crippen molar-refractivity contribution >= 4 is 22.4 Å². The fraction of sp³-hybridized carbons (Fsp3) is 0.320. The molecule has 32 heavy (non-hydrogen) atoms. The SMILES string of the molecule is Cc1ccc(Cn2cc3c(c2Nc2ccccc2)c(=O)n(C)c(=O)n3C2CCCC2)cn1. The van der Waals surface area contributed by atoms with Crippen molar-refractivity contribution in [1.82, 2.24) is 18.7 Å². The molecule has 1 N–H and O–H groups in total. The van der Waals surface area contributed by atoms with Crippen molar-refractivity contribution in [1.29, 1.82) is 0 Å². The molecule has 5 rings (SSSR count). The van der Waals surface area contributed by atoms with E-state index in [1.807, 2.05) is 70.9 Å². The predicted octanol–water partition coefficient (Wildman–Crippen LogP) is 4.11. The summed E-state index contributed by atoms with van der Waals surface area (Å²) in [6.45, 7) is 2.50. The van der Waals surface area contributed by atoms with E-state index in [4.69, 9.17) is 0 Å². The summed E-state index contributed by atoms with van der Waals surface area (Å²) in [5.74, 6) is 0.694. The molecule has 0 unspecified atom stereocenters. The minimum Gasteiger partial charge on any atom is -0.341 e. The van der Waals surface area contributed by atoms with Crippen LogP contribution in [0, 0.1) is 6.92 Å². The molecule has 1 aliphatic carbocycles. The number of anilines is 2. The third kappa shape index (κ3) is 3.53. The van der Waals surface area contributed by atoms with Crippen LogP contribution in [0.15, 0.2) is 64.4 Å². The Labute approximate surface area is 186 Å². The first-order valence-corrected chi connectivity index (χ1v) is 11.1. The Morgan fingerprint density at radius 3 is 2.50 bits per heavy atom. The Balaban J connectivity index is 1.75. The zero-order chi connectivity index (χ0) is 22.2. The second kappa shape index (κ2) is 8.15. The molecule has 0 radical (unpaired) electrons. The number of hydrogen-bond donors (Lipinski definition) is 1. The monoisotopic (exact) mass is 429 g/mol. The lowest BCUT2D eigenvalue weighted by Gasteiger charge is -2.16. The van der Waals surface area contributed by atoms with E-state index in [1.54, 1.807) is 7.05 Å². The number of pyridine rings is 1. The highest BCUT2D eigenvalue weighted by molar-refractivity contribution is 5.92. The smallest absolute Gasteiger partial charge is 0.331 e. The molecule has 1 saturated carbocycles. The number of fused-ring (bicyclic) bond motifs is 1. The van der Waals surface area contributed by atoms with E-state index >= 15 is 0 Å². The van der Waals surface area contributed by atoms with Gasteiger partial charge in [-0.3, -0.25) is 18.9 Å². The number of benzene rings is 1. The van der Waals surface area contributed by atoms with E-state index in [-0.39, 0.29) is 17.3 Å². The number of nitrogens with zero attached hydrogens (tertiary/aromatic N) is 4. The Kier molecular flexibility index (Phi) is 5.17. The largest absolute Gasteiger partial charge is 0.341 e. The second-order valence-electron chi connectivity index (χ2n) is 8.62. The maximum Gasteiger partial charge on any atom is 0.331 e. The molecule has 0 bridgehead atoms. The first-order chi connectivity index (χ1) is 15.5. The van der Waals surface area contributed by atoms with E-state index in [9.17, 15) is 9.59 Å². The molecule has 164 valence electrons. The highest BCUT2D eigenvalue weighted by atomic mass is 16.2. The molecule has 1 aliphatic rings. The highest BCUT2D eigenvalue weighted by Crippen LogP contribution is 2.33. The van der Waals surface area contributed by atoms with Crippen molar-refractivity contribution < 1.29 is 0 Å². The zero-order valence-electron chi connectivity index (χ0n) is 18.4. The fourth-order valence-corrected chi connectivity index (χ4v) is 4.68. The van der Waals surface area contributed by atoms with Crippen molar-refractivity contribution in [3.63, 3.8) is 0 Å². The molecule has 7 nitrogen and oxygen atoms in total. The lowest BCUT2D eigenvalue weighted by molar-refractivity contribution is 0.492. The summed E-state index contributed by atoms with van der Waals surface area (Å²) >= 11 is 0. The van der Waals surface area contributed by atoms with Crippen LogP contribution in [0.5, 0.6) is 0 Å². The highest BCUT2D eigenvalue weighted by Gasteiger charge is 2.25. The Bertz CT molecular complexity index is 1370. The van der Waals surface area contributed by atoms with Gasteiger partial charge in [0.05, 0.1) is 12.1 Å². The van der Waals surface area contributed by atoms with Crippen LogP contribution in [-0.4, -0.2) is 18.7 Å². The molecule has 7 heteroatoms. The Morgan fingerprint density at radius 1 is 1.06 bits per heavy atom. The van der Waals surface area contributed by atoms with E-state index in [1.165, 1.54) is 4.57 Å². The molecule has 1 aromatic carbocycles. The predicted molar refractivity (Wildman–Crippen MR) is 127 cm³/mol. The number of aromatic nitrogens is 4. The average Bonchev–Trinajstić information content (AvgIpc) is 3.44. The molecule has 3 aromatic heterocycles. The van der Waals surface area contributed by atoms with Crippen LogP contribution < -0.4 is 16.6 Å². The molecule has 3 heterocycles. The normalized spacial score (nSPS) is 14.3. The van der Waals surface area contributed by atoms with Crippen molar-refractivity contribution in [2.75, 3.05) is 5.32 Å². The average molecular weight is 430 g/mol. The second-order valence-corrected chi connectivity index (χ2v) is 8.62. The molecular weight excluding hydrogens is 402 g/mol. The Morgan fingerprint density at radius 2 is 1.81 bits per heavy atom. The maximum atomic E-state index is 13.3. The van der Waals surface area contributed by atoms with Crippen LogP contribution in [0.2, 0.25) is 0 Å². The number of aryl methyl sites for hydroxylation is 1. The minimum atomic E-state index is -0.279. The van der Waals surface area contributed by atoms with Crippen LogP contribution in [0.4, 0.5) is 11.5 Å². The molecule has 0 atom stereocenters. The van der Waals surface area contributed by atoms with E-state index in [0.717, 1.165) is 42.6 Å². The topological polar surface area (TPSA) is 73.8 Å². The lowest BCUT2D eigenvalue weighted by atomic mass is 10.2. The van der Waals surface area contributed by atoms with Crippen molar-refractivity contribution in [3.05, 3.63) is 87.0 Å². The number of rotatable bonds is 5. The lowest BCUT2D eigenvalue weighted by Crippen LogP contribution is -2.39. The summed E-state index contributed by atoms with van der Waals surface area (Å²) in [7, 11) is 1.57. The molecule has 0 aliphatic heterocycles. The van der Waals surface area contributed by atoms with Crippen molar-refractivity contribution in [2.45, 2.75) is 45.2 Å². The minimum absolute atomic E-state index is 0.123. The summed E-state index contributed by atoms with van der Waals surface area (Å²) < 4.78 is 5.11. The first-order valence-electron chi connectivity index (χ1n) is 11.1. The third-order valence-corrected chi connectivity index (χ3v) is 6.38. The van der Waals surface area contributed by atoms with Crippen LogP contribution in [-0.2, 0) is 13.6 Å². The van der Waals surface area contributed by atoms with Gasteiger partial charge in [0.1, 0.15) is 11.2 Å². The quantitative estimate of drug-likeness (QED) is 0.518. The van der Waals surface area contributed by atoms with Crippen LogP contribution >= 0.6 is 0 Å². The molecule has 0 saturated heterocycles. The summed E-state index contributed by atoms with van der Waals surface area (Å²) in [5.41, 5.74) is 3.05. The van der Waals surface area contributed by atoms with Crippen LogP contribution in [0.1, 0.15) is 43.0 Å². The van der Waals surface area contributed by atoms with Gasteiger partial charge in [0.15, 0.2) is 0 Å². The molecule has 0 spiro atoms. The van der Waals surface area contributed by atoms with E-state index in [2.05, 4.69) is 10.3 Å². The number of hydrogen-bond acceptors (Lipinski definition) is 4. The van der Waals surface area contributed by atoms with Gasteiger partial charge in [-0.25, -0.2) is 4.79 Å². The standard InChI is InChI=1S/C25H27N5O2/c1-17-12-13-18(14-26-17)15-29-16-21-22(23(29)27-19-8-4-3-5-9-19)24(31)28(2)25(32)30(21)20-10-6-7-11-20/h3-5,8-9,12-14,16,20,27H,6-7,10-11,15H2,1-2H3. The van der Waals surface area contributed by atoms with E-state index < -0.39 is 0 Å². The molecular formula is C25H27N5O2. The fourth-order valence-electron chi connectivity index (χ4n) is 4.68. The molecule has 1 fully saturated rings. The van der Waals surface area contributed by atoms with Crippen molar-refractivity contribution in [3.8, 4) is 0 Å². The molecule has 0 amide bonds. The van der Waals surface area contributed by atoms with Crippen molar-refractivity contribution in [2.24, 2.45) is 7.05 Å². The number of para-hydroxylation sites is 1. The van der Waals surface area contributed by atoms with Gasteiger partial charge in [-0.05, 0) is 43.5 Å². The van der Waals surface area contributed by atoms with Gasteiger partial charge in [-0.2, -0.15) is 0 Å². The summed E-state index contributed by atoms with van der Waals surface area (Å²) in [4.78, 5) is 30.9. The Hall–Kier alpha value is -3.61. The summed E-state index contributed by atoms with van der Waals surface area (Å²) in [6.07, 6.45) is 7.93. The third-order valence-electron chi connectivity index (χ3n) is 6.38. The maximum absolute atomic E-state index is 13.3. The van der Waals surface area contributed by atoms with Gasteiger partial charge in [0.2, 0.25) is 0 Å². The van der Waals surface area contributed by atoms with E-state index in [0.29, 0.717) is 23.3 Å². The summed E-state index contributed by atoms with van der Waals surface area (Å²) in [6, 6.07) is 13.9. The van der Waals surface area contributed by atoms with Gasteiger partial charge >= 0.3 is 5.69 Å². The molecule has 4 aromatic rings. The van der Waals surface area contributed by atoms with Gasteiger partial charge < -0.3 is 9.88 Å². The zero-order valence-corrected chi connectivity index (χ0v) is 18.4. The number of nitrogens with one attached hydrogen (secondary N) is 1. The first kappa shape index (κ1) is 20.3. The summed E-state index contributed by atoms with van der Waals surface area (Å²) in [5, 5.41) is 3.99. The van der Waals surface area contributed by atoms with Crippen LogP contribution in [0.3, 0.4) is 0 Å². The van der Waals surface area contributed by atoms with Gasteiger partial charge in [-0.1, -0.05) is 37.1 Å².